The standard InChI is InChI=1S/C21H18Cl2N2O2/c22-16-8-11-19(23)18(14-16)21(27)24-12-3-4-15-6-9-17(10-7-15)25-13-2-1-5-20(25)26/h6-11,14H,1-2,5,12-13H2,(H,24,27). The van der Waals surface area contributed by atoms with Crippen molar-refractivity contribution in [3.05, 3.63) is 63.6 Å². The van der Waals surface area contributed by atoms with E-state index in [1.54, 1.807) is 12.1 Å². The number of amides is 2. The molecule has 0 radical (unpaired) electrons. The number of piperidine rings is 1. The molecule has 3 rings (SSSR count). The van der Waals surface area contributed by atoms with Crippen molar-refractivity contribution in [1.29, 1.82) is 0 Å². The van der Waals surface area contributed by atoms with E-state index in [-0.39, 0.29) is 18.4 Å². The Morgan fingerprint density at radius 1 is 1.11 bits per heavy atom. The first-order valence-electron chi connectivity index (χ1n) is 8.67. The number of carbonyl (C=O) groups is 2. The number of hydrogen-bond acceptors (Lipinski definition) is 2. The van der Waals surface area contributed by atoms with Crippen LogP contribution in [0.15, 0.2) is 42.5 Å². The molecule has 1 saturated heterocycles. The SMILES string of the molecule is O=C(NCC#Cc1ccc(N2CCCCC2=O)cc1)c1cc(Cl)ccc1Cl. The molecular weight excluding hydrogens is 383 g/mol. The third-order valence-electron chi connectivity index (χ3n) is 4.25. The Labute approximate surface area is 168 Å². The molecule has 0 saturated carbocycles. The summed E-state index contributed by atoms with van der Waals surface area (Å²) < 4.78 is 0. The first-order chi connectivity index (χ1) is 13.0. The lowest BCUT2D eigenvalue weighted by molar-refractivity contribution is -0.119. The van der Waals surface area contributed by atoms with Crippen LogP contribution in [0.1, 0.15) is 35.2 Å². The van der Waals surface area contributed by atoms with E-state index in [1.807, 2.05) is 29.2 Å². The molecule has 6 heteroatoms. The van der Waals surface area contributed by atoms with Crippen molar-refractivity contribution in [2.75, 3.05) is 18.0 Å². The highest BCUT2D eigenvalue weighted by Gasteiger charge is 2.19. The highest BCUT2D eigenvalue weighted by Crippen LogP contribution is 2.21. The van der Waals surface area contributed by atoms with Crippen LogP contribution >= 0.6 is 23.2 Å². The lowest BCUT2D eigenvalue weighted by Gasteiger charge is -2.26. The Kier molecular flexibility index (Phi) is 6.39. The summed E-state index contributed by atoms with van der Waals surface area (Å²) in [6.07, 6.45) is 2.60. The minimum Gasteiger partial charge on any atom is -0.341 e. The lowest BCUT2D eigenvalue weighted by Crippen LogP contribution is -2.35. The van der Waals surface area contributed by atoms with Crippen LogP contribution in [0.25, 0.3) is 0 Å². The average molecular weight is 401 g/mol. The monoisotopic (exact) mass is 400 g/mol. The molecule has 0 spiro atoms. The van der Waals surface area contributed by atoms with Crippen LogP contribution in [0.2, 0.25) is 10.0 Å². The Hall–Kier alpha value is -2.48. The van der Waals surface area contributed by atoms with E-state index in [2.05, 4.69) is 17.2 Å². The Morgan fingerprint density at radius 3 is 2.63 bits per heavy atom. The summed E-state index contributed by atoms with van der Waals surface area (Å²) in [7, 11) is 0. The van der Waals surface area contributed by atoms with E-state index in [1.165, 1.54) is 6.07 Å². The minimum atomic E-state index is -0.323. The van der Waals surface area contributed by atoms with Crippen molar-refractivity contribution >= 4 is 40.7 Å². The maximum absolute atomic E-state index is 12.1. The summed E-state index contributed by atoms with van der Waals surface area (Å²) in [6, 6.07) is 12.3. The zero-order chi connectivity index (χ0) is 19.2. The summed E-state index contributed by atoms with van der Waals surface area (Å²) in [6.45, 7) is 0.954. The fourth-order valence-electron chi connectivity index (χ4n) is 2.84. The number of anilines is 1. The van der Waals surface area contributed by atoms with Crippen LogP contribution in [-0.2, 0) is 4.79 Å². The molecule has 1 fully saturated rings. The smallest absolute Gasteiger partial charge is 0.253 e. The summed E-state index contributed by atoms with van der Waals surface area (Å²) in [4.78, 5) is 25.9. The number of carbonyl (C=O) groups excluding carboxylic acids is 2. The highest BCUT2D eigenvalue weighted by molar-refractivity contribution is 6.35. The topological polar surface area (TPSA) is 49.4 Å². The van der Waals surface area contributed by atoms with Crippen molar-refractivity contribution in [3.63, 3.8) is 0 Å². The number of halogens is 2. The summed E-state index contributed by atoms with van der Waals surface area (Å²) in [5.41, 5.74) is 2.04. The van der Waals surface area contributed by atoms with Gasteiger partial charge in [-0.3, -0.25) is 9.59 Å². The van der Waals surface area contributed by atoms with E-state index >= 15 is 0 Å². The maximum atomic E-state index is 12.1. The number of hydrogen-bond donors (Lipinski definition) is 1. The van der Waals surface area contributed by atoms with E-state index in [4.69, 9.17) is 23.2 Å². The van der Waals surface area contributed by atoms with Crippen LogP contribution in [0.4, 0.5) is 5.69 Å². The number of nitrogens with zero attached hydrogens (tertiary/aromatic N) is 1. The Balaban J connectivity index is 1.57. The van der Waals surface area contributed by atoms with E-state index in [0.717, 1.165) is 30.6 Å². The lowest BCUT2D eigenvalue weighted by atomic mass is 10.1. The molecule has 1 aliphatic rings. The van der Waals surface area contributed by atoms with Gasteiger partial charge in [-0.15, -0.1) is 0 Å². The second-order valence-electron chi connectivity index (χ2n) is 6.16. The van der Waals surface area contributed by atoms with Gasteiger partial charge in [0.2, 0.25) is 5.91 Å². The number of rotatable bonds is 3. The van der Waals surface area contributed by atoms with Crippen molar-refractivity contribution in [2.24, 2.45) is 0 Å². The normalized spacial score (nSPS) is 13.7. The number of benzene rings is 2. The van der Waals surface area contributed by atoms with Gasteiger partial charge in [0.1, 0.15) is 0 Å². The van der Waals surface area contributed by atoms with Crippen LogP contribution in [0.3, 0.4) is 0 Å². The zero-order valence-corrected chi connectivity index (χ0v) is 16.1. The molecule has 27 heavy (non-hydrogen) atoms. The molecule has 0 atom stereocenters. The molecule has 1 aliphatic heterocycles. The second kappa shape index (κ2) is 8.94. The third kappa shape index (κ3) is 5.03. The Morgan fingerprint density at radius 2 is 1.89 bits per heavy atom. The van der Waals surface area contributed by atoms with Crippen LogP contribution in [0, 0.1) is 11.8 Å². The largest absolute Gasteiger partial charge is 0.341 e. The predicted molar refractivity (Wildman–Crippen MR) is 108 cm³/mol. The molecule has 2 aromatic carbocycles. The van der Waals surface area contributed by atoms with Crippen molar-refractivity contribution < 1.29 is 9.59 Å². The van der Waals surface area contributed by atoms with Crippen LogP contribution < -0.4 is 10.2 Å². The van der Waals surface area contributed by atoms with Gasteiger partial charge in [0.15, 0.2) is 0 Å². The summed E-state index contributed by atoms with van der Waals surface area (Å²) in [5, 5.41) is 3.49. The highest BCUT2D eigenvalue weighted by atomic mass is 35.5. The predicted octanol–water partition coefficient (Wildman–Crippen LogP) is 4.29. The molecule has 1 N–H and O–H groups in total. The third-order valence-corrected chi connectivity index (χ3v) is 4.81. The fraction of sp³-hybridized carbons (Fsp3) is 0.238. The quantitative estimate of drug-likeness (QED) is 0.781. The molecule has 0 bridgehead atoms. The summed E-state index contributed by atoms with van der Waals surface area (Å²) >= 11 is 11.9. The first kappa shape index (κ1) is 19.3. The van der Waals surface area contributed by atoms with Gasteiger partial charge in [-0.1, -0.05) is 35.0 Å². The van der Waals surface area contributed by atoms with Crippen LogP contribution in [-0.4, -0.2) is 24.9 Å². The molecule has 0 aromatic heterocycles. The maximum Gasteiger partial charge on any atom is 0.253 e. The second-order valence-corrected chi connectivity index (χ2v) is 7.00. The number of nitrogens with one attached hydrogen (secondary N) is 1. The molecule has 0 aliphatic carbocycles. The first-order valence-corrected chi connectivity index (χ1v) is 9.43. The van der Waals surface area contributed by atoms with Gasteiger partial charge in [-0.2, -0.15) is 0 Å². The van der Waals surface area contributed by atoms with E-state index < -0.39 is 0 Å². The zero-order valence-electron chi connectivity index (χ0n) is 14.6. The summed E-state index contributed by atoms with van der Waals surface area (Å²) in [5.74, 6) is 5.74. The average Bonchev–Trinajstić information content (AvgIpc) is 2.68. The van der Waals surface area contributed by atoms with Gasteiger partial charge < -0.3 is 10.2 Å². The van der Waals surface area contributed by atoms with Crippen molar-refractivity contribution in [3.8, 4) is 11.8 Å². The molecular formula is C21H18Cl2N2O2. The molecule has 0 unspecified atom stereocenters. The molecule has 2 aromatic rings. The van der Waals surface area contributed by atoms with Gasteiger partial charge in [0, 0.05) is 29.2 Å². The van der Waals surface area contributed by atoms with Crippen molar-refractivity contribution in [1.82, 2.24) is 5.32 Å². The molecule has 4 nitrogen and oxygen atoms in total. The van der Waals surface area contributed by atoms with Gasteiger partial charge in [0.05, 0.1) is 17.1 Å². The van der Waals surface area contributed by atoms with Crippen LogP contribution in [0.5, 0.6) is 0 Å². The van der Waals surface area contributed by atoms with Gasteiger partial charge >= 0.3 is 0 Å². The Bertz CT molecular complexity index is 914. The van der Waals surface area contributed by atoms with Gasteiger partial charge in [-0.25, -0.2) is 0 Å². The molecule has 138 valence electrons. The van der Waals surface area contributed by atoms with Gasteiger partial charge in [-0.05, 0) is 55.3 Å². The molecule has 1 heterocycles. The van der Waals surface area contributed by atoms with Crippen molar-refractivity contribution in [2.45, 2.75) is 19.3 Å². The van der Waals surface area contributed by atoms with Gasteiger partial charge in [0.25, 0.3) is 5.91 Å². The fourth-order valence-corrected chi connectivity index (χ4v) is 3.22. The van der Waals surface area contributed by atoms with E-state index in [9.17, 15) is 9.59 Å². The molecule has 2 amide bonds. The van der Waals surface area contributed by atoms with E-state index in [0.29, 0.717) is 22.0 Å². The minimum absolute atomic E-state index is 0.169.